The molecule has 0 aliphatic rings. The van der Waals surface area contributed by atoms with Gasteiger partial charge in [-0.05, 0) is 18.2 Å². The van der Waals surface area contributed by atoms with E-state index in [9.17, 15) is 30.7 Å². The molecule has 3 nitrogen and oxygen atoms in total. The predicted molar refractivity (Wildman–Crippen MR) is 55.4 cm³/mol. The molecule has 0 radical (unpaired) electrons. The number of anilines is 1. The van der Waals surface area contributed by atoms with Crippen molar-refractivity contribution in [2.75, 3.05) is 5.73 Å². The smallest absolute Gasteiger partial charge is 0.399 e. The zero-order valence-corrected chi connectivity index (χ0v) is 9.40. The van der Waals surface area contributed by atoms with Crippen molar-refractivity contribution in [2.24, 2.45) is 0 Å². The summed E-state index contributed by atoms with van der Waals surface area (Å²) in [5.41, 5.74) is 5.07. The highest BCUT2D eigenvalue weighted by Crippen LogP contribution is 2.51. The Bertz CT molecular complexity index is 644. The van der Waals surface area contributed by atoms with Crippen molar-refractivity contribution >= 4 is 16.7 Å². The highest BCUT2D eigenvalue weighted by Gasteiger charge is 2.74. The third-order valence-corrected chi connectivity index (χ3v) is 2.55. The van der Waals surface area contributed by atoms with Crippen LogP contribution in [0, 0.1) is 0 Å². The van der Waals surface area contributed by atoms with Crippen molar-refractivity contribution in [3.63, 3.8) is 0 Å². The second kappa shape index (κ2) is 4.00. The van der Waals surface area contributed by atoms with Crippen LogP contribution < -0.4 is 5.73 Å². The number of nitrogens with zero attached hydrogens (tertiary/aromatic N) is 1. The van der Waals surface area contributed by atoms with Gasteiger partial charge in [-0.2, -0.15) is 30.7 Å². The number of fused-ring (bicyclic) bond motifs is 1. The molecule has 0 fully saturated rings. The first kappa shape index (κ1) is 14.4. The Morgan fingerprint density at radius 2 is 1.60 bits per heavy atom. The van der Waals surface area contributed by atoms with Crippen molar-refractivity contribution < 1.29 is 30.7 Å². The predicted octanol–water partition coefficient (Wildman–Crippen LogP) is 3.43. The van der Waals surface area contributed by atoms with Gasteiger partial charge in [0.2, 0.25) is 0 Å². The van der Waals surface area contributed by atoms with Gasteiger partial charge in [-0.15, -0.1) is 0 Å². The average molecular weight is 301 g/mol. The topological polar surface area (TPSA) is 54.7 Å². The number of nitrogens with two attached hydrogens (primary N) is 1. The van der Waals surface area contributed by atoms with Crippen LogP contribution in [0.25, 0.3) is 11.0 Å². The molecule has 1 aromatic heterocycles. The maximum Gasteiger partial charge on any atom is 0.460 e. The van der Waals surface area contributed by atoms with Gasteiger partial charge >= 0.3 is 18.0 Å². The highest BCUT2D eigenvalue weighted by molar-refractivity contribution is 5.78. The molecule has 0 amide bonds. The van der Waals surface area contributed by atoms with E-state index in [1.807, 2.05) is 0 Å². The number of nitrogens with one attached hydrogen (secondary N) is 1. The Morgan fingerprint density at radius 3 is 2.15 bits per heavy atom. The SMILES string of the molecule is Nc1ccc2nc(C(F)(F)C(F)(F)C(F)(F)F)[nH]c2c1. The normalized spacial score (nSPS) is 13.9. The summed E-state index contributed by atoms with van der Waals surface area (Å²) >= 11 is 0. The summed E-state index contributed by atoms with van der Waals surface area (Å²) in [6.07, 6.45) is -6.41. The summed E-state index contributed by atoms with van der Waals surface area (Å²) in [4.78, 5) is 4.80. The van der Waals surface area contributed by atoms with Crippen molar-refractivity contribution in [1.82, 2.24) is 9.97 Å². The first-order valence-electron chi connectivity index (χ1n) is 5.05. The number of hydrogen-bond donors (Lipinski definition) is 2. The van der Waals surface area contributed by atoms with Crippen LogP contribution in [0.3, 0.4) is 0 Å². The van der Waals surface area contributed by atoms with Gasteiger partial charge in [0, 0.05) is 5.69 Å². The van der Waals surface area contributed by atoms with Gasteiger partial charge in [-0.25, -0.2) is 4.98 Å². The minimum atomic E-state index is -6.41. The molecule has 110 valence electrons. The minimum absolute atomic E-state index is 0.110. The number of hydrogen-bond acceptors (Lipinski definition) is 2. The summed E-state index contributed by atoms with van der Waals surface area (Å²) in [7, 11) is 0. The van der Waals surface area contributed by atoms with E-state index in [4.69, 9.17) is 5.73 Å². The maximum absolute atomic E-state index is 13.4. The quantitative estimate of drug-likeness (QED) is 0.659. The van der Waals surface area contributed by atoms with Gasteiger partial charge in [0.05, 0.1) is 11.0 Å². The van der Waals surface area contributed by atoms with Gasteiger partial charge in [0.1, 0.15) is 0 Å². The van der Waals surface area contributed by atoms with Crippen molar-refractivity contribution in [3.05, 3.63) is 24.0 Å². The van der Waals surface area contributed by atoms with E-state index in [0.717, 1.165) is 12.1 Å². The number of rotatable bonds is 2. The molecule has 10 heteroatoms. The molecule has 3 N–H and O–H groups in total. The first-order chi connectivity index (χ1) is 8.97. The Kier molecular flexibility index (Phi) is 2.88. The van der Waals surface area contributed by atoms with Crippen LogP contribution in [0.2, 0.25) is 0 Å². The van der Waals surface area contributed by atoms with Crippen LogP contribution in [-0.2, 0) is 5.92 Å². The molecule has 20 heavy (non-hydrogen) atoms. The van der Waals surface area contributed by atoms with Crippen LogP contribution in [0.5, 0.6) is 0 Å². The molecule has 0 saturated carbocycles. The van der Waals surface area contributed by atoms with Gasteiger partial charge in [0.15, 0.2) is 5.82 Å². The number of aromatic amines is 1. The molecule has 0 aliphatic heterocycles. The summed E-state index contributed by atoms with van der Waals surface area (Å²) in [6.45, 7) is 0. The van der Waals surface area contributed by atoms with Crippen LogP contribution in [0.4, 0.5) is 36.4 Å². The molecule has 0 bridgehead atoms. The van der Waals surface area contributed by atoms with Gasteiger partial charge in [0.25, 0.3) is 0 Å². The van der Waals surface area contributed by atoms with E-state index in [1.54, 1.807) is 4.98 Å². The number of benzene rings is 1. The summed E-state index contributed by atoms with van der Waals surface area (Å²) in [5, 5.41) is 0. The van der Waals surface area contributed by atoms with E-state index in [2.05, 4.69) is 4.98 Å². The molecular formula is C10H6F7N3. The molecule has 1 heterocycles. The van der Waals surface area contributed by atoms with E-state index in [1.165, 1.54) is 6.07 Å². The fourth-order valence-corrected chi connectivity index (χ4v) is 1.50. The molecule has 0 unspecified atom stereocenters. The summed E-state index contributed by atoms with van der Waals surface area (Å²) in [6, 6.07) is 3.45. The van der Waals surface area contributed by atoms with Crippen molar-refractivity contribution in [3.8, 4) is 0 Å². The molecule has 2 aromatic rings. The van der Waals surface area contributed by atoms with Gasteiger partial charge < -0.3 is 10.7 Å². The maximum atomic E-state index is 13.4. The van der Waals surface area contributed by atoms with E-state index in [-0.39, 0.29) is 16.7 Å². The lowest BCUT2D eigenvalue weighted by Gasteiger charge is -2.26. The van der Waals surface area contributed by atoms with Crippen LogP contribution in [-0.4, -0.2) is 22.1 Å². The third kappa shape index (κ3) is 1.95. The number of imidazole rings is 1. The highest BCUT2D eigenvalue weighted by atomic mass is 19.4. The Balaban J connectivity index is 2.57. The lowest BCUT2D eigenvalue weighted by molar-refractivity contribution is -0.361. The fourth-order valence-electron chi connectivity index (χ4n) is 1.50. The third-order valence-electron chi connectivity index (χ3n) is 2.55. The molecule has 0 atom stereocenters. The van der Waals surface area contributed by atoms with Crippen LogP contribution in [0.15, 0.2) is 18.2 Å². The van der Waals surface area contributed by atoms with Gasteiger partial charge in [-0.3, -0.25) is 0 Å². The Hall–Kier alpha value is -2.00. The van der Waals surface area contributed by atoms with E-state index < -0.39 is 23.8 Å². The molecule has 1 aromatic carbocycles. The monoisotopic (exact) mass is 301 g/mol. The number of alkyl halides is 7. The lowest BCUT2D eigenvalue weighted by Crippen LogP contribution is -2.50. The standard InChI is InChI=1S/C10H6F7N3/c11-8(12,9(13,14)10(15,16)17)7-19-5-2-1-4(18)3-6(5)20-7/h1-3H,18H2,(H,19,20). The Labute approximate surface area is 106 Å². The Morgan fingerprint density at radius 1 is 1.00 bits per heavy atom. The largest absolute Gasteiger partial charge is 0.460 e. The molecular weight excluding hydrogens is 295 g/mol. The number of H-pyrrole nitrogens is 1. The van der Waals surface area contributed by atoms with E-state index in [0.29, 0.717) is 0 Å². The summed E-state index contributed by atoms with van der Waals surface area (Å²) < 4.78 is 88.6. The second-order valence-corrected chi connectivity index (χ2v) is 4.01. The average Bonchev–Trinajstić information content (AvgIpc) is 2.70. The number of aromatic nitrogens is 2. The molecule has 2 rings (SSSR count). The van der Waals surface area contributed by atoms with Crippen molar-refractivity contribution in [1.29, 1.82) is 0 Å². The zero-order valence-electron chi connectivity index (χ0n) is 9.40. The van der Waals surface area contributed by atoms with Crippen LogP contribution in [0.1, 0.15) is 5.82 Å². The first-order valence-corrected chi connectivity index (χ1v) is 5.05. The lowest BCUT2D eigenvalue weighted by atomic mass is 10.1. The zero-order chi connectivity index (χ0) is 15.3. The fraction of sp³-hybridized carbons (Fsp3) is 0.300. The summed E-state index contributed by atoms with van der Waals surface area (Å²) in [5.74, 6) is -13.6. The molecule has 0 spiro atoms. The van der Waals surface area contributed by atoms with E-state index >= 15 is 0 Å². The minimum Gasteiger partial charge on any atom is -0.399 e. The molecule has 0 saturated heterocycles. The van der Waals surface area contributed by atoms with Crippen molar-refractivity contribution in [2.45, 2.75) is 18.0 Å². The van der Waals surface area contributed by atoms with Gasteiger partial charge in [-0.1, -0.05) is 0 Å². The number of halogens is 7. The second-order valence-electron chi connectivity index (χ2n) is 4.01. The van der Waals surface area contributed by atoms with Crippen LogP contribution >= 0.6 is 0 Å². The number of nitrogen functional groups attached to an aromatic ring is 1. The molecule has 0 aliphatic carbocycles.